The Labute approximate surface area is 130 Å². The van der Waals surface area contributed by atoms with Gasteiger partial charge >= 0.3 is 0 Å². The molecule has 0 bridgehead atoms. The number of rotatable bonds is 5. The first kappa shape index (κ1) is 15.1. The second-order valence-electron chi connectivity index (χ2n) is 7.12. The van der Waals surface area contributed by atoms with Gasteiger partial charge in [0.15, 0.2) is 0 Å². The monoisotopic (exact) mass is 286 g/mol. The third-order valence-corrected chi connectivity index (χ3v) is 5.78. The van der Waals surface area contributed by atoms with E-state index in [1.807, 2.05) is 0 Å². The molecule has 2 nitrogen and oxygen atoms in total. The Bertz CT molecular complexity index is 440. The van der Waals surface area contributed by atoms with Crippen LogP contribution in [0.5, 0.6) is 0 Å². The first-order valence-electron chi connectivity index (χ1n) is 8.70. The molecule has 2 aliphatic rings. The van der Waals surface area contributed by atoms with Gasteiger partial charge in [-0.2, -0.15) is 0 Å². The maximum absolute atomic E-state index is 2.75. The van der Waals surface area contributed by atoms with Crippen molar-refractivity contribution in [3.8, 4) is 0 Å². The van der Waals surface area contributed by atoms with Gasteiger partial charge in [0, 0.05) is 32.2 Å². The Morgan fingerprint density at radius 2 is 1.76 bits per heavy atom. The quantitative estimate of drug-likeness (QED) is 0.815. The van der Waals surface area contributed by atoms with E-state index < -0.39 is 0 Å². The van der Waals surface area contributed by atoms with Crippen LogP contribution in [0.3, 0.4) is 0 Å². The lowest BCUT2D eigenvalue weighted by Gasteiger charge is -2.28. The van der Waals surface area contributed by atoms with Crippen molar-refractivity contribution >= 4 is 0 Å². The summed E-state index contributed by atoms with van der Waals surface area (Å²) in [5, 5.41) is 0. The normalized spacial score (nSPS) is 30.2. The number of hydrogen-bond donors (Lipinski definition) is 0. The highest BCUT2D eigenvalue weighted by atomic mass is 15.2. The highest BCUT2D eigenvalue weighted by Crippen LogP contribution is 2.44. The third kappa shape index (κ3) is 3.02. The second-order valence-corrected chi connectivity index (χ2v) is 7.12. The van der Waals surface area contributed by atoms with Crippen molar-refractivity contribution in [2.24, 2.45) is 17.8 Å². The van der Waals surface area contributed by atoms with Crippen molar-refractivity contribution in [3.05, 3.63) is 35.9 Å². The SMILES string of the molecule is CCC(CC)CN1C[C@@H]2CN(C)[C@@H](c3ccccc3)[C@@H]2C1. The molecule has 2 fully saturated rings. The Balaban J connectivity index is 1.69. The predicted molar refractivity (Wildman–Crippen MR) is 89.3 cm³/mol. The van der Waals surface area contributed by atoms with E-state index in [1.165, 1.54) is 44.6 Å². The fraction of sp³-hybridized carbons (Fsp3) is 0.684. The first-order chi connectivity index (χ1) is 10.2. The lowest BCUT2D eigenvalue weighted by molar-refractivity contribution is 0.206. The van der Waals surface area contributed by atoms with Gasteiger partial charge < -0.3 is 4.90 Å². The van der Waals surface area contributed by atoms with E-state index in [-0.39, 0.29) is 0 Å². The fourth-order valence-corrected chi connectivity index (χ4v) is 4.56. The van der Waals surface area contributed by atoms with Crippen molar-refractivity contribution in [1.29, 1.82) is 0 Å². The molecule has 21 heavy (non-hydrogen) atoms. The molecule has 0 unspecified atom stereocenters. The summed E-state index contributed by atoms with van der Waals surface area (Å²) in [4.78, 5) is 5.33. The van der Waals surface area contributed by atoms with E-state index in [0.717, 1.165) is 17.8 Å². The number of hydrogen-bond acceptors (Lipinski definition) is 2. The van der Waals surface area contributed by atoms with E-state index in [0.29, 0.717) is 6.04 Å². The minimum Gasteiger partial charge on any atom is -0.302 e. The van der Waals surface area contributed by atoms with Crippen LogP contribution in [0.15, 0.2) is 30.3 Å². The predicted octanol–water partition coefficient (Wildman–Crippen LogP) is 3.66. The summed E-state index contributed by atoms with van der Waals surface area (Å²) >= 11 is 0. The standard InChI is InChI=1S/C19H30N2/c1-4-15(5-2)11-21-13-17-12-20(3)19(18(17)14-21)16-9-7-6-8-10-16/h6-10,15,17-19H,4-5,11-14H2,1-3H3/t17-,18+,19-/m0/s1. The van der Waals surface area contributed by atoms with E-state index in [1.54, 1.807) is 0 Å². The fourth-order valence-electron chi connectivity index (χ4n) is 4.56. The molecule has 1 aromatic carbocycles. The molecule has 0 aliphatic carbocycles. The highest BCUT2D eigenvalue weighted by molar-refractivity contribution is 5.22. The molecule has 2 aliphatic heterocycles. The van der Waals surface area contributed by atoms with Gasteiger partial charge in [-0.1, -0.05) is 57.0 Å². The maximum Gasteiger partial charge on any atom is 0.0389 e. The third-order valence-electron chi connectivity index (χ3n) is 5.78. The highest BCUT2D eigenvalue weighted by Gasteiger charge is 2.45. The molecule has 0 aromatic heterocycles. The Morgan fingerprint density at radius 1 is 1.05 bits per heavy atom. The van der Waals surface area contributed by atoms with Crippen LogP contribution in [-0.4, -0.2) is 43.0 Å². The second kappa shape index (κ2) is 6.50. The van der Waals surface area contributed by atoms with Gasteiger partial charge in [0.05, 0.1) is 0 Å². The van der Waals surface area contributed by atoms with Crippen molar-refractivity contribution in [1.82, 2.24) is 9.80 Å². The number of fused-ring (bicyclic) bond motifs is 1. The number of likely N-dealkylation sites (tertiary alicyclic amines) is 2. The summed E-state index contributed by atoms with van der Waals surface area (Å²) in [6, 6.07) is 11.8. The van der Waals surface area contributed by atoms with Crippen molar-refractivity contribution in [2.75, 3.05) is 33.2 Å². The molecule has 0 saturated carbocycles. The van der Waals surface area contributed by atoms with E-state index in [2.05, 4.69) is 61.0 Å². The lowest BCUT2D eigenvalue weighted by Crippen LogP contribution is -2.32. The summed E-state index contributed by atoms with van der Waals surface area (Å²) in [5.74, 6) is 2.58. The van der Waals surface area contributed by atoms with Crippen LogP contribution in [0, 0.1) is 17.8 Å². The van der Waals surface area contributed by atoms with Crippen LogP contribution in [0.1, 0.15) is 38.3 Å². The number of benzene rings is 1. The van der Waals surface area contributed by atoms with E-state index in [9.17, 15) is 0 Å². The minimum absolute atomic E-state index is 0.628. The van der Waals surface area contributed by atoms with Crippen molar-refractivity contribution in [2.45, 2.75) is 32.7 Å². The molecule has 0 spiro atoms. The zero-order valence-electron chi connectivity index (χ0n) is 13.8. The molecule has 2 heteroatoms. The molecule has 2 saturated heterocycles. The molecule has 116 valence electrons. The molecule has 0 N–H and O–H groups in total. The van der Waals surface area contributed by atoms with Crippen molar-refractivity contribution < 1.29 is 0 Å². The Kier molecular flexibility index (Phi) is 4.66. The molecule has 0 radical (unpaired) electrons. The van der Waals surface area contributed by atoms with Crippen LogP contribution in [0.4, 0.5) is 0 Å². The van der Waals surface area contributed by atoms with Gasteiger partial charge in [-0.15, -0.1) is 0 Å². The van der Waals surface area contributed by atoms with Crippen LogP contribution in [0.2, 0.25) is 0 Å². The summed E-state index contributed by atoms with van der Waals surface area (Å²) in [6.45, 7) is 9.87. The van der Waals surface area contributed by atoms with Crippen LogP contribution in [-0.2, 0) is 0 Å². The molecule has 2 heterocycles. The van der Waals surface area contributed by atoms with Gasteiger partial charge in [0.2, 0.25) is 0 Å². The van der Waals surface area contributed by atoms with E-state index >= 15 is 0 Å². The van der Waals surface area contributed by atoms with Gasteiger partial charge in [-0.05, 0) is 30.4 Å². The molecule has 0 amide bonds. The van der Waals surface area contributed by atoms with Gasteiger partial charge in [0.25, 0.3) is 0 Å². The maximum atomic E-state index is 2.75. The van der Waals surface area contributed by atoms with Crippen LogP contribution in [0.25, 0.3) is 0 Å². The van der Waals surface area contributed by atoms with E-state index in [4.69, 9.17) is 0 Å². The number of nitrogens with zero attached hydrogens (tertiary/aromatic N) is 2. The Morgan fingerprint density at radius 3 is 2.43 bits per heavy atom. The van der Waals surface area contributed by atoms with Crippen molar-refractivity contribution in [3.63, 3.8) is 0 Å². The van der Waals surface area contributed by atoms with Gasteiger partial charge in [0.1, 0.15) is 0 Å². The zero-order valence-corrected chi connectivity index (χ0v) is 13.8. The summed E-state index contributed by atoms with van der Waals surface area (Å²) in [7, 11) is 2.31. The molecule has 1 aromatic rings. The molecular weight excluding hydrogens is 256 g/mol. The minimum atomic E-state index is 0.628. The average Bonchev–Trinajstić information content (AvgIpc) is 3.01. The Hall–Kier alpha value is -0.860. The summed E-state index contributed by atoms with van der Waals surface area (Å²) in [5.41, 5.74) is 1.51. The molecule has 3 rings (SSSR count). The van der Waals surface area contributed by atoms with Crippen LogP contribution < -0.4 is 0 Å². The summed E-state index contributed by atoms with van der Waals surface area (Å²) in [6.07, 6.45) is 2.65. The average molecular weight is 286 g/mol. The van der Waals surface area contributed by atoms with Crippen LogP contribution >= 0.6 is 0 Å². The van der Waals surface area contributed by atoms with Gasteiger partial charge in [-0.3, -0.25) is 4.90 Å². The van der Waals surface area contributed by atoms with Gasteiger partial charge in [-0.25, -0.2) is 0 Å². The lowest BCUT2D eigenvalue weighted by atomic mass is 9.90. The topological polar surface area (TPSA) is 6.48 Å². The molecule has 3 atom stereocenters. The first-order valence-corrected chi connectivity index (χ1v) is 8.70. The smallest absolute Gasteiger partial charge is 0.0389 e. The molecular formula is C19H30N2. The largest absolute Gasteiger partial charge is 0.302 e. The zero-order chi connectivity index (χ0) is 14.8. The summed E-state index contributed by atoms with van der Waals surface area (Å²) < 4.78 is 0.